The van der Waals surface area contributed by atoms with E-state index in [2.05, 4.69) is 9.47 Å². The van der Waals surface area contributed by atoms with E-state index in [1.807, 2.05) is 71.8 Å². The Morgan fingerprint density at radius 2 is 1.36 bits per heavy atom. The van der Waals surface area contributed by atoms with Gasteiger partial charge in [0.05, 0.1) is 9.85 Å². The van der Waals surface area contributed by atoms with Crippen LogP contribution in [-0.4, -0.2) is 51.4 Å². The maximum Gasteiger partial charge on any atom is 0.270 e. The molecule has 0 N–H and O–H groups in total. The third-order valence-electron chi connectivity index (χ3n) is 8.32. The molecule has 4 aromatic carbocycles. The molecule has 0 radical (unpaired) electrons. The number of rotatable bonds is 9. The summed E-state index contributed by atoms with van der Waals surface area (Å²) >= 11 is 0. The Labute approximate surface area is 254 Å². The predicted molar refractivity (Wildman–Crippen MR) is 169 cm³/mol. The van der Waals surface area contributed by atoms with Crippen molar-refractivity contribution in [2.45, 2.75) is 18.9 Å². The van der Waals surface area contributed by atoms with Gasteiger partial charge in [0.25, 0.3) is 11.4 Å². The van der Waals surface area contributed by atoms with Crippen molar-refractivity contribution in [3.63, 3.8) is 0 Å². The minimum Gasteiger partial charge on any atom is -0.368 e. The zero-order chi connectivity index (χ0) is 30.6. The van der Waals surface area contributed by atoms with Gasteiger partial charge in [-0.2, -0.15) is 0 Å². The maximum absolute atomic E-state index is 13.8. The van der Waals surface area contributed by atoms with Gasteiger partial charge in [0.15, 0.2) is 0 Å². The number of nitro groups is 2. The number of hydrogen-bond acceptors (Lipinski definition) is 6. The fraction of sp³-hybridized carbons (Fsp3) is 0.206. The first kappa shape index (κ1) is 28.6. The first-order valence-electron chi connectivity index (χ1n) is 14.5. The van der Waals surface area contributed by atoms with Crippen LogP contribution in [0.3, 0.4) is 0 Å². The van der Waals surface area contributed by atoms with Gasteiger partial charge in [0.1, 0.15) is 0 Å². The second-order valence-corrected chi connectivity index (χ2v) is 11.0. The SMILES string of the molecule is O=C(CC(c1ccccc1)c1cn(Cc2ccccc2)c2ccc([N+](=O)[O-])cc12)N1CCN(c2ccc([N+](=O)[O-])cc2)CC1. The number of non-ortho nitro benzene ring substituents is 2. The highest BCUT2D eigenvalue weighted by atomic mass is 16.6. The van der Waals surface area contributed by atoms with Crippen LogP contribution in [0.1, 0.15) is 29.0 Å². The van der Waals surface area contributed by atoms with Gasteiger partial charge in [-0.25, -0.2) is 0 Å². The molecule has 1 aromatic heterocycles. The zero-order valence-electron chi connectivity index (χ0n) is 24.0. The molecule has 0 aliphatic carbocycles. The Hall–Kier alpha value is -5.51. The lowest BCUT2D eigenvalue weighted by molar-refractivity contribution is -0.385. The summed E-state index contributed by atoms with van der Waals surface area (Å²) in [5, 5.41) is 23.5. The molecule has 44 heavy (non-hydrogen) atoms. The first-order valence-corrected chi connectivity index (χ1v) is 14.5. The van der Waals surface area contributed by atoms with E-state index in [-0.39, 0.29) is 34.5 Å². The van der Waals surface area contributed by atoms with E-state index in [0.29, 0.717) is 32.7 Å². The second kappa shape index (κ2) is 12.4. The average molecular weight is 590 g/mol. The minimum absolute atomic E-state index is 0.0107. The van der Waals surface area contributed by atoms with Crippen LogP contribution in [0.4, 0.5) is 17.1 Å². The van der Waals surface area contributed by atoms with E-state index >= 15 is 0 Å². The van der Waals surface area contributed by atoms with E-state index in [9.17, 15) is 25.0 Å². The summed E-state index contributed by atoms with van der Waals surface area (Å²) in [4.78, 5) is 39.8. The number of piperazine rings is 1. The van der Waals surface area contributed by atoms with Gasteiger partial charge >= 0.3 is 0 Å². The summed E-state index contributed by atoms with van der Waals surface area (Å²) in [5.41, 5.74) is 4.77. The number of benzene rings is 4. The first-order chi connectivity index (χ1) is 21.4. The van der Waals surface area contributed by atoms with Gasteiger partial charge in [-0.05, 0) is 34.9 Å². The molecule has 1 saturated heterocycles. The smallest absolute Gasteiger partial charge is 0.270 e. The topological polar surface area (TPSA) is 115 Å². The molecule has 1 atom stereocenters. The summed E-state index contributed by atoms with van der Waals surface area (Å²) in [7, 11) is 0. The number of aromatic nitrogens is 1. The standard InChI is InChI=1S/C34H31N5O5/c40-34(36-19-17-35(18-20-36)27-11-13-28(14-12-27)38(41)42)22-30(26-9-5-2-6-10-26)32-24-37(23-25-7-3-1-4-8-25)33-16-15-29(39(43)44)21-31(32)33/h1-16,21,24,30H,17-20,22-23H2. The molecular formula is C34H31N5O5. The number of fused-ring (bicyclic) bond motifs is 1. The normalized spacial score (nSPS) is 14.0. The Bertz CT molecular complexity index is 1800. The average Bonchev–Trinajstić information content (AvgIpc) is 3.41. The van der Waals surface area contributed by atoms with Crippen LogP contribution >= 0.6 is 0 Å². The van der Waals surface area contributed by atoms with Gasteiger partial charge in [-0.3, -0.25) is 25.0 Å². The van der Waals surface area contributed by atoms with Gasteiger partial charge < -0.3 is 14.4 Å². The van der Waals surface area contributed by atoms with E-state index in [1.165, 1.54) is 18.2 Å². The molecule has 0 saturated carbocycles. The van der Waals surface area contributed by atoms with Gasteiger partial charge in [-0.15, -0.1) is 0 Å². The third kappa shape index (κ3) is 6.00. The summed E-state index contributed by atoms with van der Waals surface area (Å²) < 4.78 is 2.10. The van der Waals surface area contributed by atoms with E-state index in [1.54, 1.807) is 24.3 Å². The molecule has 10 heteroatoms. The number of carbonyl (C=O) groups excluding carboxylic acids is 1. The van der Waals surface area contributed by atoms with Crippen LogP contribution in [0, 0.1) is 20.2 Å². The second-order valence-electron chi connectivity index (χ2n) is 11.0. The summed E-state index contributed by atoms with van der Waals surface area (Å²) in [6, 6.07) is 31.3. The van der Waals surface area contributed by atoms with Crippen LogP contribution < -0.4 is 4.90 Å². The molecular weight excluding hydrogens is 558 g/mol. The van der Waals surface area contributed by atoms with Crippen molar-refractivity contribution in [1.29, 1.82) is 0 Å². The lowest BCUT2D eigenvalue weighted by atomic mass is 9.87. The van der Waals surface area contributed by atoms with Crippen LogP contribution in [0.5, 0.6) is 0 Å². The fourth-order valence-electron chi connectivity index (χ4n) is 6.01. The molecule has 5 aromatic rings. The predicted octanol–water partition coefficient (Wildman–Crippen LogP) is 6.38. The van der Waals surface area contributed by atoms with Crippen LogP contribution in [-0.2, 0) is 11.3 Å². The van der Waals surface area contributed by atoms with Crippen LogP contribution in [0.25, 0.3) is 10.9 Å². The maximum atomic E-state index is 13.8. The monoisotopic (exact) mass is 589 g/mol. The highest BCUT2D eigenvalue weighted by molar-refractivity contribution is 5.88. The lowest BCUT2D eigenvalue weighted by Gasteiger charge is -2.36. The van der Waals surface area contributed by atoms with E-state index < -0.39 is 4.92 Å². The Kier molecular flexibility index (Phi) is 8.05. The zero-order valence-corrected chi connectivity index (χ0v) is 24.0. The lowest BCUT2D eigenvalue weighted by Crippen LogP contribution is -2.49. The van der Waals surface area contributed by atoms with Gasteiger partial charge in [0, 0.05) is 92.1 Å². The Balaban J connectivity index is 1.29. The molecule has 0 spiro atoms. The summed E-state index contributed by atoms with van der Waals surface area (Å²) in [6.45, 7) is 2.87. The van der Waals surface area contributed by atoms with Crippen LogP contribution in [0.15, 0.2) is 109 Å². The Morgan fingerprint density at radius 3 is 2.00 bits per heavy atom. The van der Waals surface area contributed by atoms with Gasteiger partial charge in [-0.1, -0.05) is 60.7 Å². The molecule has 0 bridgehead atoms. The summed E-state index contributed by atoms with van der Waals surface area (Å²) in [5.74, 6) is -0.297. The minimum atomic E-state index is -0.416. The van der Waals surface area contributed by atoms with Crippen molar-refractivity contribution in [2.75, 3.05) is 31.1 Å². The van der Waals surface area contributed by atoms with Crippen LogP contribution in [0.2, 0.25) is 0 Å². The van der Waals surface area contributed by atoms with Crippen molar-refractivity contribution in [1.82, 2.24) is 9.47 Å². The van der Waals surface area contributed by atoms with Crippen molar-refractivity contribution in [3.8, 4) is 0 Å². The summed E-state index contributed by atoms with van der Waals surface area (Å²) in [6.07, 6.45) is 2.26. The van der Waals surface area contributed by atoms with E-state index in [0.717, 1.165) is 33.3 Å². The number of amides is 1. The number of nitrogens with zero attached hydrogens (tertiary/aromatic N) is 5. The fourth-order valence-corrected chi connectivity index (χ4v) is 6.01. The molecule has 1 aliphatic heterocycles. The van der Waals surface area contributed by atoms with E-state index in [4.69, 9.17) is 0 Å². The molecule has 1 fully saturated rings. The molecule has 1 amide bonds. The Morgan fingerprint density at radius 1 is 0.750 bits per heavy atom. The van der Waals surface area contributed by atoms with Crippen molar-refractivity contribution >= 4 is 33.9 Å². The molecule has 1 unspecified atom stereocenters. The van der Waals surface area contributed by atoms with Crippen molar-refractivity contribution in [3.05, 3.63) is 146 Å². The van der Waals surface area contributed by atoms with Crippen molar-refractivity contribution < 1.29 is 14.6 Å². The molecule has 10 nitrogen and oxygen atoms in total. The number of nitro benzene ring substituents is 2. The van der Waals surface area contributed by atoms with Crippen molar-refractivity contribution in [2.24, 2.45) is 0 Å². The number of hydrogen-bond donors (Lipinski definition) is 0. The van der Waals surface area contributed by atoms with Gasteiger partial charge in [0.2, 0.25) is 5.91 Å². The number of anilines is 1. The molecule has 1 aliphatic rings. The molecule has 2 heterocycles. The molecule has 222 valence electrons. The molecule has 6 rings (SSSR count). The number of carbonyl (C=O) groups is 1. The largest absolute Gasteiger partial charge is 0.368 e. The third-order valence-corrected chi connectivity index (χ3v) is 8.32. The quantitative estimate of drug-likeness (QED) is 0.146. The highest BCUT2D eigenvalue weighted by Crippen LogP contribution is 2.37. The highest BCUT2D eigenvalue weighted by Gasteiger charge is 2.28.